The normalized spacial score (nSPS) is 11.3. The summed E-state index contributed by atoms with van der Waals surface area (Å²) in [5.74, 6) is 1.07. The molecule has 2 aromatic heterocycles. The van der Waals surface area contributed by atoms with Crippen LogP contribution in [0.3, 0.4) is 0 Å². The molecule has 0 bridgehead atoms. The lowest BCUT2D eigenvalue weighted by Crippen LogP contribution is -2.23. The first-order valence-electron chi connectivity index (χ1n) is 8.29. The molecular weight excluding hydrogens is 368 g/mol. The van der Waals surface area contributed by atoms with Gasteiger partial charge in [0.25, 0.3) is 0 Å². The van der Waals surface area contributed by atoms with Crippen molar-refractivity contribution < 1.29 is 9.32 Å². The summed E-state index contributed by atoms with van der Waals surface area (Å²) >= 11 is 6.11. The van der Waals surface area contributed by atoms with Gasteiger partial charge in [0.15, 0.2) is 11.6 Å². The number of carbonyl (C=O) groups excluding carboxylic acids is 1. The molecule has 0 fully saturated rings. The number of likely N-dealkylation sites (N-methyl/N-ethyl adjacent to an activating group) is 1. The van der Waals surface area contributed by atoms with Crippen molar-refractivity contribution in [1.29, 1.82) is 0 Å². The molecule has 1 amide bonds. The van der Waals surface area contributed by atoms with Gasteiger partial charge < -0.3 is 9.42 Å². The van der Waals surface area contributed by atoms with Gasteiger partial charge in [-0.2, -0.15) is 4.80 Å². The number of tetrazole rings is 1. The first-order chi connectivity index (χ1) is 12.9. The molecule has 0 aliphatic rings. The van der Waals surface area contributed by atoms with Crippen molar-refractivity contribution in [2.45, 2.75) is 26.9 Å². The molecule has 3 aromatic rings. The van der Waals surface area contributed by atoms with Crippen LogP contribution in [0, 0.1) is 13.8 Å². The summed E-state index contributed by atoms with van der Waals surface area (Å²) in [5.41, 5.74) is 2.52. The van der Waals surface area contributed by atoms with E-state index in [4.69, 9.17) is 16.1 Å². The fourth-order valence-electron chi connectivity index (χ4n) is 2.51. The Morgan fingerprint density at radius 2 is 2.15 bits per heavy atom. The molecule has 27 heavy (non-hydrogen) atoms. The lowest BCUT2D eigenvalue weighted by molar-refractivity contribution is -0.125. The van der Waals surface area contributed by atoms with Crippen LogP contribution in [0.1, 0.15) is 28.4 Å². The molecule has 0 saturated heterocycles. The molecule has 140 valence electrons. The highest BCUT2D eigenvalue weighted by Crippen LogP contribution is 2.18. The predicted molar refractivity (Wildman–Crippen MR) is 99.9 cm³/mol. The molecule has 3 rings (SSSR count). The van der Waals surface area contributed by atoms with Gasteiger partial charge in [0.05, 0.1) is 18.8 Å². The standard InChI is InChI=1S/C18H19ClN6O2/c1-12-8-17(27-22-12)11-24(3)18(26)7-5-14-4-6-16(19)9-15(14)10-25-21-13(2)20-23-25/h4-9H,10-11H2,1-3H3. The van der Waals surface area contributed by atoms with Crippen LogP contribution in [0.15, 0.2) is 34.9 Å². The molecule has 0 atom stereocenters. The van der Waals surface area contributed by atoms with E-state index in [1.165, 1.54) is 10.9 Å². The third kappa shape index (κ3) is 5.01. The average Bonchev–Trinajstić information content (AvgIpc) is 3.21. The van der Waals surface area contributed by atoms with Gasteiger partial charge in [-0.15, -0.1) is 10.2 Å². The van der Waals surface area contributed by atoms with E-state index >= 15 is 0 Å². The minimum atomic E-state index is -0.153. The molecule has 0 aliphatic carbocycles. The highest BCUT2D eigenvalue weighted by Gasteiger charge is 2.10. The fraction of sp³-hybridized carbons (Fsp3) is 0.278. The summed E-state index contributed by atoms with van der Waals surface area (Å²) in [6, 6.07) is 7.25. The fourth-order valence-corrected chi connectivity index (χ4v) is 2.70. The van der Waals surface area contributed by atoms with Gasteiger partial charge in [0.2, 0.25) is 5.91 Å². The Hall–Kier alpha value is -3.00. The number of aromatic nitrogens is 5. The smallest absolute Gasteiger partial charge is 0.246 e. The van der Waals surface area contributed by atoms with E-state index in [-0.39, 0.29) is 5.91 Å². The van der Waals surface area contributed by atoms with Gasteiger partial charge in [0, 0.05) is 24.2 Å². The number of rotatable bonds is 6. The van der Waals surface area contributed by atoms with E-state index < -0.39 is 0 Å². The molecule has 0 unspecified atom stereocenters. The highest BCUT2D eigenvalue weighted by molar-refractivity contribution is 6.30. The van der Waals surface area contributed by atoms with Crippen molar-refractivity contribution in [1.82, 2.24) is 30.3 Å². The maximum Gasteiger partial charge on any atom is 0.246 e. The van der Waals surface area contributed by atoms with Gasteiger partial charge in [0.1, 0.15) is 0 Å². The Morgan fingerprint density at radius 3 is 2.81 bits per heavy atom. The van der Waals surface area contributed by atoms with Gasteiger partial charge in [-0.1, -0.05) is 22.8 Å². The Balaban J connectivity index is 1.72. The molecule has 0 saturated carbocycles. The quantitative estimate of drug-likeness (QED) is 0.605. The lowest BCUT2D eigenvalue weighted by Gasteiger charge is -2.12. The number of hydrogen-bond acceptors (Lipinski definition) is 6. The number of amides is 1. The van der Waals surface area contributed by atoms with Gasteiger partial charge in [-0.3, -0.25) is 4.79 Å². The molecule has 2 heterocycles. The van der Waals surface area contributed by atoms with Crippen molar-refractivity contribution in [3.63, 3.8) is 0 Å². The second-order valence-electron chi connectivity index (χ2n) is 6.17. The van der Waals surface area contributed by atoms with Crippen LogP contribution in [0.4, 0.5) is 0 Å². The number of benzene rings is 1. The zero-order valence-corrected chi connectivity index (χ0v) is 16.0. The second kappa shape index (κ2) is 8.13. The maximum absolute atomic E-state index is 12.4. The predicted octanol–water partition coefficient (Wildman–Crippen LogP) is 2.65. The Morgan fingerprint density at radius 1 is 1.33 bits per heavy atom. The third-order valence-corrected chi connectivity index (χ3v) is 4.06. The summed E-state index contributed by atoms with van der Waals surface area (Å²) in [4.78, 5) is 15.4. The number of halogens is 1. The van der Waals surface area contributed by atoms with Crippen LogP contribution in [0.25, 0.3) is 6.08 Å². The Bertz CT molecular complexity index is 978. The first kappa shape index (κ1) is 18.8. The second-order valence-corrected chi connectivity index (χ2v) is 6.61. The first-order valence-corrected chi connectivity index (χ1v) is 8.67. The zero-order chi connectivity index (χ0) is 19.4. The highest BCUT2D eigenvalue weighted by atomic mass is 35.5. The van der Waals surface area contributed by atoms with Crippen molar-refractivity contribution >= 4 is 23.6 Å². The maximum atomic E-state index is 12.4. The monoisotopic (exact) mass is 386 g/mol. The summed E-state index contributed by atoms with van der Waals surface area (Å²) < 4.78 is 5.14. The van der Waals surface area contributed by atoms with Crippen molar-refractivity contribution in [3.05, 3.63) is 63.8 Å². The SMILES string of the molecule is Cc1cc(CN(C)C(=O)C=Cc2ccc(Cl)cc2Cn2nnc(C)n2)on1. The van der Waals surface area contributed by atoms with Crippen LogP contribution in [-0.4, -0.2) is 43.2 Å². The van der Waals surface area contributed by atoms with E-state index in [1.807, 2.05) is 19.1 Å². The molecule has 0 spiro atoms. The Kier molecular flexibility index (Phi) is 5.66. The lowest BCUT2D eigenvalue weighted by atomic mass is 10.1. The minimum absolute atomic E-state index is 0.153. The summed E-state index contributed by atoms with van der Waals surface area (Å²) in [7, 11) is 1.70. The van der Waals surface area contributed by atoms with E-state index in [0.717, 1.165) is 16.8 Å². The minimum Gasteiger partial charge on any atom is -0.359 e. The van der Waals surface area contributed by atoms with Crippen molar-refractivity contribution in [3.8, 4) is 0 Å². The molecule has 9 heteroatoms. The molecule has 0 radical (unpaired) electrons. The van der Waals surface area contributed by atoms with Gasteiger partial charge in [-0.25, -0.2) is 0 Å². The van der Waals surface area contributed by atoms with E-state index in [9.17, 15) is 4.79 Å². The van der Waals surface area contributed by atoms with E-state index in [1.54, 1.807) is 37.1 Å². The largest absolute Gasteiger partial charge is 0.359 e. The third-order valence-electron chi connectivity index (χ3n) is 3.82. The molecule has 1 aromatic carbocycles. The van der Waals surface area contributed by atoms with Crippen LogP contribution in [-0.2, 0) is 17.9 Å². The van der Waals surface area contributed by atoms with E-state index in [2.05, 4.69) is 20.6 Å². The van der Waals surface area contributed by atoms with Crippen LogP contribution in [0.2, 0.25) is 5.02 Å². The van der Waals surface area contributed by atoms with Crippen LogP contribution >= 0.6 is 11.6 Å². The molecular formula is C18H19ClN6O2. The summed E-state index contributed by atoms with van der Waals surface area (Å²) in [6.45, 7) is 4.36. The molecule has 0 N–H and O–H groups in total. The van der Waals surface area contributed by atoms with Crippen molar-refractivity contribution in [2.75, 3.05) is 7.05 Å². The number of carbonyl (C=O) groups is 1. The van der Waals surface area contributed by atoms with Crippen LogP contribution in [0.5, 0.6) is 0 Å². The Labute approximate surface area is 161 Å². The molecule has 8 nitrogen and oxygen atoms in total. The average molecular weight is 387 g/mol. The number of hydrogen-bond donors (Lipinski definition) is 0. The molecule has 0 aliphatic heterocycles. The zero-order valence-electron chi connectivity index (χ0n) is 15.3. The van der Waals surface area contributed by atoms with E-state index in [0.29, 0.717) is 29.7 Å². The van der Waals surface area contributed by atoms with Gasteiger partial charge in [-0.05, 0) is 48.4 Å². The van der Waals surface area contributed by atoms with Crippen LogP contribution < -0.4 is 0 Å². The number of nitrogens with zero attached hydrogens (tertiary/aromatic N) is 6. The van der Waals surface area contributed by atoms with Crippen molar-refractivity contribution in [2.24, 2.45) is 0 Å². The summed E-state index contributed by atoms with van der Waals surface area (Å²) in [5, 5.41) is 16.4. The summed E-state index contributed by atoms with van der Waals surface area (Å²) in [6.07, 6.45) is 3.26. The topological polar surface area (TPSA) is 89.9 Å². The van der Waals surface area contributed by atoms with Gasteiger partial charge >= 0.3 is 0 Å². The number of aryl methyl sites for hydroxylation is 2.